The van der Waals surface area contributed by atoms with Crippen LogP contribution in [0.2, 0.25) is 0 Å². The Morgan fingerprint density at radius 2 is 2.10 bits per heavy atom. The van der Waals surface area contributed by atoms with Gasteiger partial charge in [0.15, 0.2) is 0 Å². The number of ether oxygens (including phenoxy) is 2. The van der Waals surface area contributed by atoms with Gasteiger partial charge in [-0.2, -0.15) is 0 Å². The van der Waals surface area contributed by atoms with Crippen LogP contribution in [0.15, 0.2) is 42.6 Å². The molecule has 4 nitrogen and oxygen atoms in total. The van der Waals surface area contributed by atoms with Crippen LogP contribution in [-0.4, -0.2) is 18.7 Å². The maximum absolute atomic E-state index is 5.51. The highest BCUT2D eigenvalue weighted by Gasteiger charge is 2.05. The van der Waals surface area contributed by atoms with Crippen LogP contribution in [0, 0.1) is 12.3 Å². The van der Waals surface area contributed by atoms with E-state index in [1.807, 2.05) is 36.4 Å². The fourth-order valence-corrected chi connectivity index (χ4v) is 1.79. The maximum atomic E-state index is 5.51. The van der Waals surface area contributed by atoms with Gasteiger partial charge in [-0.1, -0.05) is 24.1 Å². The molecule has 2 rings (SSSR count). The van der Waals surface area contributed by atoms with E-state index in [9.17, 15) is 0 Å². The number of hydrogen-bond donors (Lipinski definition) is 1. The number of hydrogen-bond acceptors (Lipinski definition) is 4. The van der Waals surface area contributed by atoms with Crippen molar-refractivity contribution in [1.29, 1.82) is 0 Å². The predicted molar refractivity (Wildman–Crippen MR) is 78.9 cm³/mol. The Kier molecular flexibility index (Phi) is 4.85. The SMILES string of the molecule is C#CCOc1ccccc1CNc1cccnc1OC. The van der Waals surface area contributed by atoms with E-state index < -0.39 is 0 Å². The highest BCUT2D eigenvalue weighted by molar-refractivity contribution is 5.52. The molecule has 0 unspecified atom stereocenters. The molecule has 0 spiro atoms. The summed E-state index contributed by atoms with van der Waals surface area (Å²) in [5.74, 6) is 3.81. The minimum absolute atomic E-state index is 0.257. The highest BCUT2D eigenvalue weighted by Crippen LogP contribution is 2.23. The van der Waals surface area contributed by atoms with Crippen LogP contribution in [0.3, 0.4) is 0 Å². The van der Waals surface area contributed by atoms with Gasteiger partial charge in [0, 0.05) is 18.3 Å². The van der Waals surface area contributed by atoms with Gasteiger partial charge in [0.05, 0.1) is 12.8 Å². The van der Waals surface area contributed by atoms with E-state index in [0.717, 1.165) is 17.0 Å². The number of nitrogens with zero attached hydrogens (tertiary/aromatic N) is 1. The van der Waals surface area contributed by atoms with Crippen LogP contribution in [0.25, 0.3) is 0 Å². The van der Waals surface area contributed by atoms with Crippen molar-refractivity contribution in [3.8, 4) is 24.0 Å². The number of para-hydroxylation sites is 1. The molecule has 4 heteroatoms. The third-order valence-corrected chi connectivity index (χ3v) is 2.72. The van der Waals surface area contributed by atoms with Gasteiger partial charge in [-0.15, -0.1) is 6.42 Å². The summed E-state index contributed by atoms with van der Waals surface area (Å²) in [4.78, 5) is 4.14. The van der Waals surface area contributed by atoms with E-state index in [0.29, 0.717) is 12.4 Å². The third kappa shape index (κ3) is 3.42. The Balaban J connectivity index is 2.09. The van der Waals surface area contributed by atoms with Crippen LogP contribution in [0.5, 0.6) is 11.6 Å². The van der Waals surface area contributed by atoms with E-state index in [-0.39, 0.29) is 6.61 Å². The van der Waals surface area contributed by atoms with Gasteiger partial charge in [0.1, 0.15) is 12.4 Å². The van der Waals surface area contributed by atoms with E-state index in [1.54, 1.807) is 13.3 Å². The molecule has 0 aliphatic rings. The summed E-state index contributed by atoms with van der Waals surface area (Å²) < 4.78 is 10.7. The average Bonchev–Trinajstić information content (AvgIpc) is 2.52. The van der Waals surface area contributed by atoms with Gasteiger partial charge in [0.2, 0.25) is 5.88 Å². The summed E-state index contributed by atoms with van der Waals surface area (Å²) >= 11 is 0. The molecule has 0 fully saturated rings. The molecule has 0 aliphatic heterocycles. The van der Waals surface area contributed by atoms with Crippen LogP contribution in [0.4, 0.5) is 5.69 Å². The number of rotatable bonds is 6. The topological polar surface area (TPSA) is 43.4 Å². The number of methoxy groups -OCH3 is 1. The first-order valence-corrected chi connectivity index (χ1v) is 6.22. The molecule has 0 saturated heterocycles. The molecule has 1 aromatic carbocycles. The molecular weight excluding hydrogens is 252 g/mol. The first kappa shape index (κ1) is 13.8. The van der Waals surface area contributed by atoms with Crippen molar-refractivity contribution >= 4 is 5.69 Å². The number of aromatic nitrogens is 1. The van der Waals surface area contributed by atoms with Crippen LogP contribution in [0.1, 0.15) is 5.56 Å². The Bertz CT molecular complexity index is 605. The summed E-state index contributed by atoms with van der Waals surface area (Å²) in [5.41, 5.74) is 1.86. The Labute approximate surface area is 118 Å². The summed E-state index contributed by atoms with van der Waals surface area (Å²) in [7, 11) is 1.59. The molecule has 0 amide bonds. The Morgan fingerprint density at radius 3 is 2.90 bits per heavy atom. The molecule has 20 heavy (non-hydrogen) atoms. The summed E-state index contributed by atoms with van der Waals surface area (Å²) in [6.07, 6.45) is 6.90. The smallest absolute Gasteiger partial charge is 0.237 e. The number of benzene rings is 1. The van der Waals surface area contributed by atoms with Crippen molar-refractivity contribution in [3.63, 3.8) is 0 Å². The minimum Gasteiger partial charge on any atom is -0.481 e. The Morgan fingerprint density at radius 1 is 1.25 bits per heavy atom. The fourth-order valence-electron chi connectivity index (χ4n) is 1.79. The normalized spacial score (nSPS) is 9.60. The van der Waals surface area contributed by atoms with E-state index in [1.165, 1.54) is 0 Å². The van der Waals surface area contributed by atoms with E-state index >= 15 is 0 Å². The zero-order valence-corrected chi connectivity index (χ0v) is 11.3. The van der Waals surface area contributed by atoms with Crippen molar-refractivity contribution in [2.75, 3.05) is 19.0 Å². The molecule has 0 atom stereocenters. The lowest BCUT2D eigenvalue weighted by Crippen LogP contribution is -2.05. The predicted octanol–water partition coefficient (Wildman–Crippen LogP) is 2.71. The van der Waals surface area contributed by atoms with Crippen LogP contribution < -0.4 is 14.8 Å². The lowest BCUT2D eigenvalue weighted by molar-refractivity contribution is 0.366. The zero-order chi connectivity index (χ0) is 14.2. The fraction of sp³-hybridized carbons (Fsp3) is 0.188. The molecule has 0 aliphatic carbocycles. The van der Waals surface area contributed by atoms with Gasteiger partial charge in [-0.3, -0.25) is 0 Å². The molecule has 1 aromatic heterocycles. The van der Waals surface area contributed by atoms with Crippen molar-refractivity contribution in [1.82, 2.24) is 4.98 Å². The zero-order valence-electron chi connectivity index (χ0n) is 11.3. The van der Waals surface area contributed by atoms with E-state index in [4.69, 9.17) is 15.9 Å². The largest absolute Gasteiger partial charge is 0.481 e. The quantitative estimate of drug-likeness (QED) is 0.818. The second-order valence-corrected chi connectivity index (χ2v) is 4.01. The third-order valence-electron chi connectivity index (χ3n) is 2.72. The summed E-state index contributed by atoms with van der Waals surface area (Å²) in [6, 6.07) is 11.5. The van der Waals surface area contributed by atoms with Gasteiger partial charge >= 0.3 is 0 Å². The van der Waals surface area contributed by atoms with Crippen molar-refractivity contribution in [2.24, 2.45) is 0 Å². The number of anilines is 1. The lowest BCUT2D eigenvalue weighted by atomic mass is 10.2. The molecular formula is C16H16N2O2. The first-order valence-electron chi connectivity index (χ1n) is 6.22. The standard InChI is InChI=1S/C16H16N2O2/c1-3-11-20-15-9-5-4-7-13(15)12-18-14-8-6-10-17-16(14)19-2/h1,4-10,18H,11-12H2,2H3. The number of nitrogens with one attached hydrogen (secondary N) is 1. The number of terminal acetylenes is 1. The van der Waals surface area contributed by atoms with Crippen LogP contribution in [-0.2, 0) is 6.54 Å². The molecule has 2 aromatic rings. The highest BCUT2D eigenvalue weighted by atomic mass is 16.5. The summed E-state index contributed by atoms with van der Waals surface area (Å²) in [5, 5.41) is 3.28. The van der Waals surface area contributed by atoms with Gasteiger partial charge in [-0.25, -0.2) is 4.98 Å². The van der Waals surface area contributed by atoms with Crippen molar-refractivity contribution < 1.29 is 9.47 Å². The second-order valence-electron chi connectivity index (χ2n) is 4.01. The van der Waals surface area contributed by atoms with Gasteiger partial charge in [0.25, 0.3) is 0 Å². The van der Waals surface area contributed by atoms with Crippen molar-refractivity contribution in [2.45, 2.75) is 6.54 Å². The number of pyridine rings is 1. The molecule has 0 radical (unpaired) electrons. The summed E-state index contributed by atoms with van der Waals surface area (Å²) in [6.45, 7) is 0.857. The lowest BCUT2D eigenvalue weighted by Gasteiger charge is -2.12. The molecule has 0 bridgehead atoms. The monoisotopic (exact) mass is 268 g/mol. The molecule has 1 heterocycles. The second kappa shape index (κ2) is 7.05. The van der Waals surface area contributed by atoms with Crippen molar-refractivity contribution in [3.05, 3.63) is 48.2 Å². The molecule has 102 valence electrons. The van der Waals surface area contributed by atoms with Crippen LogP contribution >= 0.6 is 0 Å². The minimum atomic E-state index is 0.257. The van der Waals surface area contributed by atoms with Gasteiger partial charge < -0.3 is 14.8 Å². The van der Waals surface area contributed by atoms with Gasteiger partial charge in [-0.05, 0) is 18.2 Å². The van der Waals surface area contributed by atoms with E-state index in [2.05, 4.69) is 16.2 Å². The maximum Gasteiger partial charge on any atom is 0.237 e. The Hall–Kier alpha value is -2.67. The molecule has 0 saturated carbocycles. The average molecular weight is 268 g/mol. The molecule has 1 N–H and O–H groups in total. The first-order chi connectivity index (χ1) is 9.85.